The molecule has 1 aliphatic heterocycles. The largest absolute Gasteiger partial charge is 0.454 e. The van der Waals surface area contributed by atoms with Crippen molar-refractivity contribution < 1.29 is 22.7 Å². The van der Waals surface area contributed by atoms with Gasteiger partial charge in [0.25, 0.3) is 0 Å². The van der Waals surface area contributed by atoms with E-state index in [2.05, 4.69) is 5.32 Å². The topological polar surface area (TPSA) is 81.7 Å². The summed E-state index contributed by atoms with van der Waals surface area (Å²) in [6.07, 6.45) is -0.126. The summed E-state index contributed by atoms with van der Waals surface area (Å²) >= 11 is 5.81. The predicted octanol–water partition coefficient (Wildman–Crippen LogP) is 2.55. The fourth-order valence-electron chi connectivity index (χ4n) is 2.35. The van der Waals surface area contributed by atoms with E-state index in [1.165, 1.54) is 12.1 Å². The highest BCUT2D eigenvalue weighted by molar-refractivity contribution is 7.91. The highest BCUT2D eigenvalue weighted by Crippen LogP contribution is 2.32. The van der Waals surface area contributed by atoms with Crippen LogP contribution in [0.4, 0.5) is 0 Å². The lowest BCUT2D eigenvalue weighted by Gasteiger charge is -2.07. The van der Waals surface area contributed by atoms with E-state index in [1.807, 2.05) is 6.07 Å². The van der Waals surface area contributed by atoms with E-state index >= 15 is 0 Å². The second kappa shape index (κ2) is 7.33. The highest BCUT2D eigenvalue weighted by atomic mass is 35.5. The Kier molecular flexibility index (Phi) is 5.15. The summed E-state index contributed by atoms with van der Waals surface area (Å²) in [4.78, 5) is 12.1. The summed E-state index contributed by atoms with van der Waals surface area (Å²) in [5.41, 5.74) is 0.843. The molecule has 0 spiro atoms. The third-order valence-corrected chi connectivity index (χ3v) is 5.63. The molecule has 6 nitrogen and oxygen atoms in total. The van der Waals surface area contributed by atoms with Gasteiger partial charge >= 0.3 is 0 Å². The summed E-state index contributed by atoms with van der Waals surface area (Å²) < 4.78 is 34.9. The molecule has 3 rings (SSSR count). The third kappa shape index (κ3) is 4.43. The number of rotatable bonds is 6. The molecule has 1 N–H and O–H groups in total. The number of fused-ring (bicyclic) bond motifs is 1. The van der Waals surface area contributed by atoms with Gasteiger partial charge in [-0.15, -0.1) is 0 Å². The Morgan fingerprint density at radius 3 is 2.72 bits per heavy atom. The first-order valence-corrected chi connectivity index (χ1v) is 9.61. The quantitative estimate of drug-likeness (QED) is 0.831. The first-order valence-electron chi connectivity index (χ1n) is 7.57. The molecule has 1 heterocycles. The van der Waals surface area contributed by atoms with Gasteiger partial charge in [0.2, 0.25) is 12.7 Å². The summed E-state index contributed by atoms with van der Waals surface area (Å²) in [5.74, 6) is 0.682. The van der Waals surface area contributed by atoms with Gasteiger partial charge in [0.05, 0.1) is 10.6 Å². The molecule has 0 saturated heterocycles. The van der Waals surface area contributed by atoms with Gasteiger partial charge in [0.15, 0.2) is 21.3 Å². The van der Waals surface area contributed by atoms with E-state index in [0.717, 1.165) is 5.56 Å². The second-order valence-electron chi connectivity index (χ2n) is 5.49. The van der Waals surface area contributed by atoms with Gasteiger partial charge in [-0.3, -0.25) is 4.79 Å². The van der Waals surface area contributed by atoms with Gasteiger partial charge in [-0.25, -0.2) is 8.42 Å². The number of hydrogen-bond acceptors (Lipinski definition) is 5. The Bertz CT molecular complexity index is 898. The maximum absolute atomic E-state index is 12.2. The average molecular weight is 382 g/mol. The minimum Gasteiger partial charge on any atom is -0.454 e. The first-order chi connectivity index (χ1) is 11.9. The smallest absolute Gasteiger partial charge is 0.231 e. The van der Waals surface area contributed by atoms with E-state index in [9.17, 15) is 13.2 Å². The van der Waals surface area contributed by atoms with Crippen molar-refractivity contribution in [2.45, 2.75) is 17.9 Å². The summed E-state index contributed by atoms with van der Waals surface area (Å²) in [7, 11) is -3.55. The van der Waals surface area contributed by atoms with E-state index < -0.39 is 9.84 Å². The molecule has 1 amide bonds. The van der Waals surface area contributed by atoms with Crippen LogP contribution in [0.15, 0.2) is 47.4 Å². The number of ether oxygens (including phenoxy) is 2. The zero-order valence-electron chi connectivity index (χ0n) is 13.2. The van der Waals surface area contributed by atoms with Crippen molar-refractivity contribution >= 4 is 27.3 Å². The minimum atomic E-state index is -3.55. The lowest BCUT2D eigenvalue weighted by Crippen LogP contribution is -2.25. The SMILES string of the molecule is O=C(CCS(=O)(=O)c1cccc(Cl)c1)NCc1ccc2c(c1)OCO2. The third-order valence-electron chi connectivity index (χ3n) is 3.68. The Morgan fingerprint density at radius 2 is 1.92 bits per heavy atom. The van der Waals surface area contributed by atoms with Crippen molar-refractivity contribution in [3.63, 3.8) is 0 Å². The van der Waals surface area contributed by atoms with Crippen molar-refractivity contribution in [1.29, 1.82) is 0 Å². The van der Waals surface area contributed by atoms with E-state index in [4.69, 9.17) is 21.1 Å². The number of carbonyl (C=O) groups is 1. The molecule has 25 heavy (non-hydrogen) atoms. The number of amides is 1. The van der Waals surface area contributed by atoms with Crippen LogP contribution in [0.3, 0.4) is 0 Å². The Morgan fingerprint density at radius 1 is 1.12 bits per heavy atom. The molecule has 0 unspecified atom stereocenters. The Hall–Kier alpha value is -2.25. The molecular weight excluding hydrogens is 366 g/mol. The van der Waals surface area contributed by atoms with Gasteiger partial charge in [-0.1, -0.05) is 23.7 Å². The fraction of sp³-hybridized carbons (Fsp3) is 0.235. The number of carbonyl (C=O) groups excluding carboxylic acids is 1. The molecule has 0 radical (unpaired) electrons. The number of sulfone groups is 1. The standard InChI is InChI=1S/C17H16ClNO5S/c18-13-2-1-3-14(9-13)25(21,22)7-6-17(20)19-10-12-4-5-15-16(8-12)24-11-23-15/h1-5,8-9H,6-7,10-11H2,(H,19,20). The van der Waals surface area contributed by atoms with Crippen molar-refractivity contribution in [3.8, 4) is 11.5 Å². The van der Waals surface area contributed by atoms with Crippen LogP contribution in [0.1, 0.15) is 12.0 Å². The van der Waals surface area contributed by atoms with Crippen LogP contribution in [0.2, 0.25) is 5.02 Å². The van der Waals surface area contributed by atoms with Crippen LogP contribution < -0.4 is 14.8 Å². The molecule has 0 saturated carbocycles. The monoisotopic (exact) mass is 381 g/mol. The minimum absolute atomic E-state index is 0.114. The maximum Gasteiger partial charge on any atom is 0.231 e. The second-order valence-corrected chi connectivity index (χ2v) is 8.04. The van der Waals surface area contributed by atoms with Crippen LogP contribution >= 0.6 is 11.6 Å². The summed E-state index contributed by atoms with van der Waals surface area (Å²) in [6, 6.07) is 11.4. The average Bonchev–Trinajstić information content (AvgIpc) is 3.06. The first kappa shape index (κ1) is 17.6. The number of halogens is 1. The van der Waals surface area contributed by atoms with Gasteiger partial charge in [0.1, 0.15) is 0 Å². The Balaban J connectivity index is 1.53. The lowest BCUT2D eigenvalue weighted by molar-refractivity contribution is -0.120. The van der Waals surface area contributed by atoms with E-state index in [1.54, 1.807) is 24.3 Å². The summed E-state index contributed by atoms with van der Waals surface area (Å²) in [5, 5.41) is 3.04. The molecular formula is C17H16ClNO5S. The lowest BCUT2D eigenvalue weighted by atomic mass is 10.2. The zero-order valence-corrected chi connectivity index (χ0v) is 14.8. The summed E-state index contributed by atoms with van der Waals surface area (Å²) in [6.45, 7) is 0.471. The van der Waals surface area contributed by atoms with E-state index in [-0.39, 0.29) is 36.3 Å². The molecule has 8 heteroatoms. The highest BCUT2D eigenvalue weighted by Gasteiger charge is 2.17. The molecule has 0 atom stereocenters. The normalized spacial score (nSPS) is 12.8. The predicted molar refractivity (Wildman–Crippen MR) is 92.5 cm³/mol. The zero-order chi connectivity index (χ0) is 17.9. The molecule has 1 aliphatic rings. The van der Waals surface area contributed by atoms with E-state index in [0.29, 0.717) is 16.5 Å². The number of nitrogens with one attached hydrogen (secondary N) is 1. The molecule has 132 valence electrons. The van der Waals surface area contributed by atoms with Crippen LogP contribution in [0.5, 0.6) is 11.5 Å². The van der Waals surface area contributed by atoms with Crippen molar-refractivity contribution in [1.82, 2.24) is 5.32 Å². The number of benzene rings is 2. The van der Waals surface area contributed by atoms with Crippen LogP contribution in [0, 0.1) is 0 Å². The number of hydrogen-bond donors (Lipinski definition) is 1. The molecule has 2 aromatic rings. The molecule has 0 aliphatic carbocycles. The van der Waals surface area contributed by atoms with Crippen molar-refractivity contribution in [2.24, 2.45) is 0 Å². The maximum atomic E-state index is 12.2. The van der Waals surface area contributed by atoms with Gasteiger partial charge in [-0.05, 0) is 35.9 Å². The van der Waals surface area contributed by atoms with Crippen LogP contribution in [-0.2, 0) is 21.2 Å². The van der Waals surface area contributed by atoms with Gasteiger partial charge in [-0.2, -0.15) is 0 Å². The van der Waals surface area contributed by atoms with Crippen LogP contribution in [-0.4, -0.2) is 26.9 Å². The molecule has 2 aromatic carbocycles. The Labute approximate surface area is 150 Å². The van der Waals surface area contributed by atoms with Gasteiger partial charge in [0, 0.05) is 18.0 Å². The van der Waals surface area contributed by atoms with Crippen LogP contribution in [0.25, 0.3) is 0 Å². The van der Waals surface area contributed by atoms with Gasteiger partial charge < -0.3 is 14.8 Å². The van der Waals surface area contributed by atoms with Crippen molar-refractivity contribution in [2.75, 3.05) is 12.5 Å². The fourth-order valence-corrected chi connectivity index (χ4v) is 3.88. The molecule has 0 bridgehead atoms. The molecule has 0 aromatic heterocycles. The van der Waals surface area contributed by atoms with Crippen molar-refractivity contribution in [3.05, 3.63) is 53.1 Å². The molecule has 0 fully saturated rings.